The van der Waals surface area contributed by atoms with Crippen LogP contribution in [0.5, 0.6) is 0 Å². The van der Waals surface area contributed by atoms with Gasteiger partial charge in [-0.25, -0.2) is 4.98 Å². The third-order valence-electron chi connectivity index (χ3n) is 2.06. The van der Waals surface area contributed by atoms with Crippen LogP contribution in [0.25, 0.3) is 0 Å². The number of nitrogens with zero attached hydrogens (tertiary/aromatic N) is 2. The Morgan fingerprint density at radius 3 is 2.87 bits per heavy atom. The zero-order valence-electron chi connectivity index (χ0n) is 8.35. The number of pyridine rings is 1. The summed E-state index contributed by atoms with van der Waals surface area (Å²) in [4.78, 5) is 7.88. The average molecular weight is 283 g/mol. The molecule has 0 spiro atoms. The van der Waals surface area contributed by atoms with Crippen LogP contribution in [0.2, 0.25) is 0 Å². The normalized spacial score (nSPS) is 10.3. The van der Waals surface area contributed by atoms with E-state index in [4.69, 9.17) is 0 Å². The summed E-state index contributed by atoms with van der Waals surface area (Å²) in [6.45, 7) is 0.904. The minimum absolute atomic E-state index is 0.873. The zero-order chi connectivity index (χ0) is 10.7. The van der Waals surface area contributed by atoms with E-state index in [1.165, 1.54) is 4.88 Å². The van der Waals surface area contributed by atoms with E-state index in [1.807, 2.05) is 18.2 Å². The lowest BCUT2D eigenvalue weighted by Gasteiger charge is -2.17. The molecule has 0 saturated carbocycles. The number of aromatic nitrogens is 1. The van der Waals surface area contributed by atoms with Gasteiger partial charge in [-0.2, -0.15) is 0 Å². The van der Waals surface area contributed by atoms with Crippen molar-refractivity contribution in [2.24, 2.45) is 0 Å². The topological polar surface area (TPSA) is 16.1 Å². The molecule has 0 amide bonds. The molecule has 0 atom stereocenters. The van der Waals surface area contributed by atoms with E-state index in [0.29, 0.717) is 0 Å². The minimum atomic E-state index is 0.873. The zero-order valence-corrected chi connectivity index (χ0v) is 10.8. The molecule has 0 unspecified atom stereocenters. The first kappa shape index (κ1) is 10.6. The quantitative estimate of drug-likeness (QED) is 0.801. The molecular formula is C11H11BrN2S. The van der Waals surface area contributed by atoms with Gasteiger partial charge in [-0.15, -0.1) is 11.3 Å². The first-order valence-corrected chi connectivity index (χ1v) is 6.29. The lowest BCUT2D eigenvalue weighted by molar-refractivity contribution is 0.909. The minimum Gasteiger partial charge on any atom is -0.355 e. The summed E-state index contributed by atoms with van der Waals surface area (Å²) in [6.07, 6.45) is 0. The van der Waals surface area contributed by atoms with Crippen molar-refractivity contribution in [1.29, 1.82) is 0 Å². The highest BCUT2D eigenvalue weighted by Crippen LogP contribution is 2.17. The summed E-state index contributed by atoms with van der Waals surface area (Å²) in [5.41, 5.74) is 0. The summed E-state index contributed by atoms with van der Waals surface area (Å²) < 4.78 is 0.873. The molecule has 0 radical (unpaired) electrons. The molecule has 0 aliphatic rings. The Morgan fingerprint density at radius 1 is 1.33 bits per heavy atom. The fraction of sp³-hybridized carbons (Fsp3) is 0.182. The van der Waals surface area contributed by atoms with Gasteiger partial charge in [0.15, 0.2) is 0 Å². The second kappa shape index (κ2) is 4.77. The third-order valence-corrected chi connectivity index (χ3v) is 3.37. The molecule has 0 saturated heterocycles. The Morgan fingerprint density at radius 2 is 2.20 bits per heavy atom. The molecule has 2 heterocycles. The summed E-state index contributed by atoms with van der Waals surface area (Å²) in [7, 11) is 2.05. The van der Waals surface area contributed by atoms with Crippen molar-refractivity contribution in [3.05, 3.63) is 45.2 Å². The van der Waals surface area contributed by atoms with Crippen LogP contribution in [0.4, 0.5) is 5.82 Å². The molecule has 0 aromatic carbocycles. The van der Waals surface area contributed by atoms with E-state index in [-0.39, 0.29) is 0 Å². The van der Waals surface area contributed by atoms with Crippen molar-refractivity contribution in [3.63, 3.8) is 0 Å². The third kappa shape index (κ3) is 2.79. The van der Waals surface area contributed by atoms with Gasteiger partial charge < -0.3 is 4.90 Å². The fourth-order valence-electron chi connectivity index (χ4n) is 1.33. The largest absolute Gasteiger partial charge is 0.355 e. The van der Waals surface area contributed by atoms with Crippen molar-refractivity contribution < 1.29 is 0 Å². The molecule has 2 aromatic heterocycles. The predicted octanol–water partition coefficient (Wildman–Crippen LogP) is 3.54. The van der Waals surface area contributed by atoms with E-state index in [9.17, 15) is 0 Å². The molecule has 15 heavy (non-hydrogen) atoms. The van der Waals surface area contributed by atoms with Gasteiger partial charge in [-0.05, 0) is 39.5 Å². The van der Waals surface area contributed by atoms with Crippen molar-refractivity contribution in [2.45, 2.75) is 6.54 Å². The van der Waals surface area contributed by atoms with E-state index in [1.54, 1.807) is 11.3 Å². The highest BCUT2D eigenvalue weighted by atomic mass is 79.9. The van der Waals surface area contributed by atoms with Gasteiger partial charge in [0, 0.05) is 11.9 Å². The van der Waals surface area contributed by atoms with Gasteiger partial charge in [0.05, 0.1) is 6.54 Å². The number of halogens is 1. The molecule has 0 aliphatic carbocycles. The van der Waals surface area contributed by atoms with Gasteiger partial charge in [-0.1, -0.05) is 12.1 Å². The summed E-state index contributed by atoms with van der Waals surface area (Å²) in [5.74, 6) is 0.984. The number of hydrogen-bond donors (Lipinski definition) is 0. The smallest absolute Gasteiger partial charge is 0.129 e. The molecule has 0 aliphatic heterocycles. The monoisotopic (exact) mass is 282 g/mol. The van der Waals surface area contributed by atoms with E-state index < -0.39 is 0 Å². The van der Waals surface area contributed by atoms with Crippen LogP contribution >= 0.6 is 27.3 Å². The second-order valence-corrected chi connectivity index (χ2v) is 5.10. The van der Waals surface area contributed by atoms with Crippen molar-refractivity contribution in [1.82, 2.24) is 4.98 Å². The maximum atomic E-state index is 4.40. The van der Waals surface area contributed by atoms with Crippen LogP contribution in [0.3, 0.4) is 0 Å². The van der Waals surface area contributed by atoms with Crippen molar-refractivity contribution in [3.8, 4) is 0 Å². The first-order valence-electron chi connectivity index (χ1n) is 4.62. The molecule has 0 bridgehead atoms. The van der Waals surface area contributed by atoms with Crippen LogP contribution in [-0.2, 0) is 6.54 Å². The Hall–Kier alpha value is -0.870. The van der Waals surface area contributed by atoms with Crippen molar-refractivity contribution in [2.75, 3.05) is 11.9 Å². The molecule has 2 aromatic rings. The van der Waals surface area contributed by atoms with Gasteiger partial charge in [0.1, 0.15) is 10.4 Å². The predicted molar refractivity (Wildman–Crippen MR) is 68.4 cm³/mol. The van der Waals surface area contributed by atoms with Crippen LogP contribution in [0, 0.1) is 0 Å². The number of thiophene rings is 1. The number of rotatable bonds is 3. The van der Waals surface area contributed by atoms with E-state index in [0.717, 1.165) is 17.0 Å². The Kier molecular flexibility index (Phi) is 3.38. The first-order chi connectivity index (χ1) is 7.25. The van der Waals surface area contributed by atoms with Crippen LogP contribution in [-0.4, -0.2) is 12.0 Å². The molecule has 4 heteroatoms. The Balaban J connectivity index is 2.11. The summed E-state index contributed by atoms with van der Waals surface area (Å²) in [6, 6.07) is 10.2. The molecule has 0 N–H and O–H groups in total. The molecule has 78 valence electrons. The van der Waals surface area contributed by atoms with Crippen LogP contribution in [0.1, 0.15) is 4.88 Å². The standard InChI is InChI=1S/C11H11BrN2S/c1-14(8-9-4-3-7-15-9)11-6-2-5-10(12)13-11/h2-7H,8H2,1H3. The second-order valence-electron chi connectivity index (χ2n) is 3.25. The van der Waals surface area contributed by atoms with Crippen LogP contribution < -0.4 is 4.90 Å². The Labute approximate surface area is 102 Å². The molecule has 0 fully saturated rings. The van der Waals surface area contributed by atoms with Gasteiger partial charge in [0.25, 0.3) is 0 Å². The molecular weight excluding hydrogens is 272 g/mol. The van der Waals surface area contributed by atoms with Crippen molar-refractivity contribution >= 4 is 33.1 Å². The SMILES string of the molecule is CN(Cc1cccs1)c1cccc(Br)n1. The van der Waals surface area contributed by atoms with E-state index >= 15 is 0 Å². The summed E-state index contributed by atoms with van der Waals surface area (Å²) >= 11 is 5.14. The highest BCUT2D eigenvalue weighted by molar-refractivity contribution is 9.10. The lowest BCUT2D eigenvalue weighted by atomic mass is 10.4. The maximum Gasteiger partial charge on any atom is 0.129 e. The molecule has 2 nitrogen and oxygen atoms in total. The molecule has 2 rings (SSSR count). The fourth-order valence-corrected chi connectivity index (χ4v) is 2.42. The number of hydrogen-bond acceptors (Lipinski definition) is 3. The van der Waals surface area contributed by atoms with Gasteiger partial charge in [0.2, 0.25) is 0 Å². The van der Waals surface area contributed by atoms with E-state index in [2.05, 4.69) is 50.4 Å². The number of anilines is 1. The lowest BCUT2D eigenvalue weighted by Crippen LogP contribution is -2.16. The average Bonchev–Trinajstić information content (AvgIpc) is 2.70. The van der Waals surface area contributed by atoms with Gasteiger partial charge >= 0.3 is 0 Å². The summed E-state index contributed by atoms with van der Waals surface area (Å²) in [5, 5.41) is 2.09. The Bertz CT molecular complexity index is 428. The highest BCUT2D eigenvalue weighted by Gasteiger charge is 2.04. The van der Waals surface area contributed by atoms with Gasteiger partial charge in [-0.3, -0.25) is 0 Å². The maximum absolute atomic E-state index is 4.40. The van der Waals surface area contributed by atoms with Crippen LogP contribution in [0.15, 0.2) is 40.3 Å².